The Kier molecular flexibility index (Phi) is 5.27. The van der Waals surface area contributed by atoms with Gasteiger partial charge >= 0.3 is 0 Å². The Balaban J connectivity index is 3.07. The molecule has 1 amide bonds. The molecule has 0 aliphatic rings. The number of nitrogen functional groups attached to an aromatic ring is 1. The fourth-order valence-corrected chi connectivity index (χ4v) is 1.78. The van der Waals surface area contributed by atoms with Gasteiger partial charge in [0.15, 0.2) is 5.82 Å². The summed E-state index contributed by atoms with van der Waals surface area (Å²) in [5, 5.41) is 0. The van der Waals surface area contributed by atoms with Crippen molar-refractivity contribution in [3.05, 3.63) is 29.3 Å². The second kappa shape index (κ2) is 6.50. The van der Waals surface area contributed by atoms with Crippen LogP contribution in [0.1, 0.15) is 37.6 Å². The van der Waals surface area contributed by atoms with Crippen molar-refractivity contribution < 1.29 is 13.6 Å². The van der Waals surface area contributed by atoms with Crippen molar-refractivity contribution in [1.82, 2.24) is 4.90 Å². The summed E-state index contributed by atoms with van der Waals surface area (Å²) in [6.45, 7) is 6.64. The predicted molar refractivity (Wildman–Crippen MR) is 71.8 cm³/mol. The van der Waals surface area contributed by atoms with E-state index in [0.717, 1.165) is 18.6 Å². The van der Waals surface area contributed by atoms with Gasteiger partial charge in [0.05, 0.1) is 5.69 Å². The Morgan fingerprint density at radius 1 is 1.37 bits per heavy atom. The largest absolute Gasteiger partial charge is 0.396 e. The standard InChI is InChI=1S/C14H20F2N2O/c1-4-9(3)8-18(5-2)14(19)12-10(15)6-7-11(17)13(12)16/h6-7,9H,4-5,8,17H2,1-3H3. The van der Waals surface area contributed by atoms with Crippen LogP contribution in [-0.2, 0) is 0 Å². The average molecular weight is 270 g/mol. The molecular formula is C14H20F2N2O. The van der Waals surface area contributed by atoms with Crippen LogP contribution in [0.25, 0.3) is 0 Å². The first-order chi connectivity index (χ1) is 8.92. The number of carbonyl (C=O) groups is 1. The molecule has 0 saturated heterocycles. The van der Waals surface area contributed by atoms with Crippen LogP contribution >= 0.6 is 0 Å². The second-order valence-electron chi connectivity index (χ2n) is 4.68. The molecule has 0 saturated carbocycles. The number of nitrogens with two attached hydrogens (primary N) is 1. The molecule has 0 spiro atoms. The number of benzene rings is 1. The minimum Gasteiger partial charge on any atom is -0.396 e. The number of hydrogen-bond acceptors (Lipinski definition) is 2. The van der Waals surface area contributed by atoms with E-state index in [2.05, 4.69) is 0 Å². The SMILES string of the molecule is CCC(C)CN(CC)C(=O)c1c(F)ccc(N)c1F. The van der Waals surface area contributed by atoms with Gasteiger partial charge in [-0.15, -0.1) is 0 Å². The molecule has 0 heterocycles. The molecule has 1 aromatic carbocycles. The first kappa shape index (κ1) is 15.4. The van der Waals surface area contributed by atoms with Gasteiger partial charge in [-0.25, -0.2) is 8.78 Å². The second-order valence-corrected chi connectivity index (χ2v) is 4.68. The summed E-state index contributed by atoms with van der Waals surface area (Å²) in [5.74, 6) is -2.23. The molecule has 0 fully saturated rings. The first-order valence-corrected chi connectivity index (χ1v) is 6.45. The van der Waals surface area contributed by atoms with E-state index in [1.54, 1.807) is 6.92 Å². The Morgan fingerprint density at radius 2 is 2.00 bits per heavy atom. The van der Waals surface area contributed by atoms with Gasteiger partial charge in [0.25, 0.3) is 5.91 Å². The van der Waals surface area contributed by atoms with Gasteiger partial charge in [-0.3, -0.25) is 4.79 Å². The van der Waals surface area contributed by atoms with E-state index < -0.39 is 23.1 Å². The lowest BCUT2D eigenvalue weighted by Gasteiger charge is -2.24. The van der Waals surface area contributed by atoms with Crippen molar-refractivity contribution in [2.75, 3.05) is 18.8 Å². The van der Waals surface area contributed by atoms with Gasteiger partial charge in [-0.2, -0.15) is 0 Å². The van der Waals surface area contributed by atoms with Crippen LogP contribution in [0.2, 0.25) is 0 Å². The van der Waals surface area contributed by atoms with Crippen LogP contribution in [0.15, 0.2) is 12.1 Å². The van der Waals surface area contributed by atoms with E-state index in [1.807, 2.05) is 13.8 Å². The van der Waals surface area contributed by atoms with Crippen molar-refractivity contribution in [2.45, 2.75) is 27.2 Å². The lowest BCUT2D eigenvalue weighted by molar-refractivity contribution is 0.0731. The van der Waals surface area contributed by atoms with Crippen molar-refractivity contribution in [3.63, 3.8) is 0 Å². The molecule has 106 valence electrons. The summed E-state index contributed by atoms with van der Waals surface area (Å²) < 4.78 is 27.5. The number of amides is 1. The highest BCUT2D eigenvalue weighted by atomic mass is 19.1. The third kappa shape index (κ3) is 3.43. The molecule has 1 unspecified atom stereocenters. The van der Waals surface area contributed by atoms with Gasteiger partial charge < -0.3 is 10.6 Å². The molecule has 2 N–H and O–H groups in total. The van der Waals surface area contributed by atoms with Gasteiger partial charge in [0.1, 0.15) is 11.4 Å². The van der Waals surface area contributed by atoms with Crippen LogP contribution in [0.5, 0.6) is 0 Å². The van der Waals surface area contributed by atoms with E-state index in [9.17, 15) is 13.6 Å². The van der Waals surface area contributed by atoms with Gasteiger partial charge in [0, 0.05) is 13.1 Å². The monoisotopic (exact) mass is 270 g/mol. The number of carbonyl (C=O) groups excluding carboxylic acids is 1. The van der Waals surface area contributed by atoms with Crippen LogP contribution in [0.4, 0.5) is 14.5 Å². The Labute approximate surface area is 112 Å². The quantitative estimate of drug-likeness (QED) is 0.836. The summed E-state index contributed by atoms with van der Waals surface area (Å²) in [7, 11) is 0. The van der Waals surface area contributed by atoms with Crippen molar-refractivity contribution in [3.8, 4) is 0 Å². The smallest absolute Gasteiger partial charge is 0.259 e. The molecule has 0 bridgehead atoms. The zero-order valence-corrected chi connectivity index (χ0v) is 11.5. The van der Waals surface area contributed by atoms with E-state index in [0.29, 0.717) is 13.1 Å². The maximum atomic E-state index is 13.8. The van der Waals surface area contributed by atoms with E-state index >= 15 is 0 Å². The number of hydrogen-bond donors (Lipinski definition) is 1. The minimum atomic E-state index is -0.979. The maximum Gasteiger partial charge on any atom is 0.259 e. The Bertz CT molecular complexity index is 463. The van der Waals surface area contributed by atoms with Gasteiger partial charge in [-0.1, -0.05) is 20.3 Å². The highest BCUT2D eigenvalue weighted by molar-refractivity contribution is 5.95. The van der Waals surface area contributed by atoms with E-state index in [-0.39, 0.29) is 11.6 Å². The Morgan fingerprint density at radius 3 is 2.53 bits per heavy atom. The molecule has 1 aromatic rings. The third-order valence-corrected chi connectivity index (χ3v) is 3.23. The maximum absolute atomic E-state index is 13.8. The average Bonchev–Trinajstić information content (AvgIpc) is 2.40. The predicted octanol–water partition coefficient (Wildman–Crippen LogP) is 3.06. The molecule has 0 aliphatic heterocycles. The molecule has 0 aromatic heterocycles. The number of halogens is 2. The molecule has 3 nitrogen and oxygen atoms in total. The lowest BCUT2D eigenvalue weighted by atomic mass is 10.1. The van der Waals surface area contributed by atoms with Gasteiger partial charge in [0.2, 0.25) is 0 Å². The molecule has 5 heteroatoms. The molecule has 1 rings (SSSR count). The normalized spacial score (nSPS) is 12.3. The number of nitrogens with zero attached hydrogens (tertiary/aromatic N) is 1. The van der Waals surface area contributed by atoms with Crippen LogP contribution < -0.4 is 5.73 Å². The number of rotatable bonds is 5. The lowest BCUT2D eigenvalue weighted by Crippen LogP contribution is -2.35. The fourth-order valence-electron chi connectivity index (χ4n) is 1.78. The molecule has 1 atom stereocenters. The van der Waals surface area contributed by atoms with Crippen LogP contribution in [0.3, 0.4) is 0 Å². The van der Waals surface area contributed by atoms with Crippen LogP contribution in [0, 0.1) is 17.6 Å². The minimum absolute atomic E-state index is 0.218. The highest BCUT2D eigenvalue weighted by Gasteiger charge is 2.24. The zero-order chi connectivity index (χ0) is 14.6. The fraction of sp³-hybridized carbons (Fsp3) is 0.500. The van der Waals surface area contributed by atoms with E-state index in [4.69, 9.17) is 5.73 Å². The third-order valence-electron chi connectivity index (χ3n) is 3.23. The number of anilines is 1. The van der Waals surface area contributed by atoms with Crippen LogP contribution in [-0.4, -0.2) is 23.9 Å². The molecule has 0 radical (unpaired) electrons. The van der Waals surface area contributed by atoms with Gasteiger partial charge in [-0.05, 0) is 25.0 Å². The van der Waals surface area contributed by atoms with Crippen molar-refractivity contribution >= 4 is 11.6 Å². The Hall–Kier alpha value is -1.65. The summed E-state index contributed by atoms with van der Waals surface area (Å²) in [4.78, 5) is 13.7. The van der Waals surface area contributed by atoms with Crippen molar-refractivity contribution in [1.29, 1.82) is 0 Å². The zero-order valence-electron chi connectivity index (χ0n) is 11.5. The van der Waals surface area contributed by atoms with E-state index in [1.165, 1.54) is 4.90 Å². The molecular weight excluding hydrogens is 250 g/mol. The molecule has 19 heavy (non-hydrogen) atoms. The summed E-state index contributed by atoms with van der Waals surface area (Å²) >= 11 is 0. The highest BCUT2D eigenvalue weighted by Crippen LogP contribution is 2.21. The summed E-state index contributed by atoms with van der Waals surface area (Å²) in [5.41, 5.74) is 4.60. The summed E-state index contributed by atoms with van der Waals surface area (Å²) in [6, 6.07) is 2.13. The van der Waals surface area contributed by atoms with Crippen molar-refractivity contribution in [2.24, 2.45) is 5.92 Å². The topological polar surface area (TPSA) is 46.3 Å². The first-order valence-electron chi connectivity index (χ1n) is 6.45. The molecule has 0 aliphatic carbocycles. The summed E-state index contributed by atoms with van der Waals surface area (Å²) in [6.07, 6.45) is 0.895.